The molecule has 0 saturated carbocycles. The molecule has 1 amide bonds. The summed E-state index contributed by atoms with van der Waals surface area (Å²) in [5, 5.41) is 10.9. The average molecular weight is 352 g/mol. The van der Waals surface area contributed by atoms with Crippen molar-refractivity contribution in [1.82, 2.24) is 4.90 Å². The molecule has 0 radical (unpaired) electrons. The fourth-order valence-electron chi connectivity index (χ4n) is 2.03. The lowest BCUT2D eigenvalue weighted by Gasteiger charge is -2.15. The van der Waals surface area contributed by atoms with Crippen LogP contribution in [0.2, 0.25) is 0 Å². The smallest absolute Gasteiger partial charge is 0.325 e. The molecule has 0 spiro atoms. The summed E-state index contributed by atoms with van der Waals surface area (Å²) in [7, 11) is 2.76. The number of esters is 1. The third-order valence-corrected chi connectivity index (χ3v) is 3.42. The number of carbonyl (C=O) groups excluding carboxylic acids is 3. The Bertz CT molecular complexity index is 645. The molecule has 0 heterocycles. The quantitative estimate of drug-likeness (QED) is 0.206. The second-order valence-corrected chi connectivity index (χ2v) is 5.20. The van der Waals surface area contributed by atoms with Gasteiger partial charge in [0, 0.05) is 19.5 Å². The summed E-state index contributed by atoms with van der Waals surface area (Å²) < 4.78 is 9.89. The van der Waals surface area contributed by atoms with Gasteiger partial charge in [-0.3, -0.25) is 24.5 Å². The van der Waals surface area contributed by atoms with E-state index in [1.54, 1.807) is 0 Å². The number of nitro benzene ring substituents is 1. The van der Waals surface area contributed by atoms with E-state index >= 15 is 0 Å². The molecule has 0 bridgehead atoms. The van der Waals surface area contributed by atoms with Crippen LogP contribution in [0.5, 0.6) is 5.75 Å². The van der Waals surface area contributed by atoms with Crippen molar-refractivity contribution in [2.24, 2.45) is 0 Å². The van der Waals surface area contributed by atoms with E-state index in [-0.39, 0.29) is 42.5 Å². The summed E-state index contributed by atoms with van der Waals surface area (Å²) in [5.74, 6) is -0.557. The minimum absolute atomic E-state index is 0.109. The van der Waals surface area contributed by atoms with E-state index in [1.807, 2.05) is 0 Å². The molecule has 1 aromatic rings. The van der Waals surface area contributed by atoms with Gasteiger partial charge in [-0.2, -0.15) is 0 Å². The highest BCUT2D eigenvalue weighted by atomic mass is 16.6. The van der Waals surface area contributed by atoms with Gasteiger partial charge < -0.3 is 14.4 Å². The van der Waals surface area contributed by atoms with E-state index in [2.05, 4.69) is 4.74 Å². The monoisotopic (exact) mass is 352 g/mol. The molecule has 0 aromatic heterocycles. The molecule has 0 atom stereocenters. The van der Waals surface area contributed by atoms with Crippen LogP contribution in [0, 0.1) is 10.1 Å². The number of hydrogen-bond donors (Lipinski definition) is 0. The molecule has 0 aliphatic carbocycles. The van der Waals surface area contributed by atoms with Gasteiger partial charge in [0.25, 0.3) is 5.69 Å². The number of benzene rings is 1. The number of methoxy groups -OCH3 is 1. The van der Waals surface area contributed by atoms with Crippen molar-refractivity contribution in [3.63, 3.8) is 0 Å². The molecule has 25 heavy (non-hydrogen) atoms. The van der Waals surface area contributed by atoms with Crippen LogP contribution in [0.4, 0.5) is 5.69 Å². The van der Waals surface area contributed by atoms with Crippen LogP contribution in [-0.4, -0.2) is 55.3 Å². The molecule has 1 aromatic carbocycles. The maximum absolute atomic E-state index is 11.8. The lowest BCUT2D eigenvalue weighted by atomic mass is 10.2. The van der Waals surface area contributed by atoms with E-state index in [4.69, 9.17) is 4.74 Å². The van der Waals surface area contributed by atoms with Crippen molar-refractivity contribution in [3.05, 3.63) is 33.9 Å². The molecule has 0 N–H and O–H groups in total. The minimum atomic E-state index is -0.646. The van der Waals surface area contributed by atoms with Crippen LogP contribution in [0.3, 0.4) is 0 Å². The fraction of sp³-hybridized carbons (Fsp3) is 0.438. The molecule has 9 nitrogen and oxygen atoms in total. The number of unbranched alkanes of at least 4 members (excludes halogenated alkanes) is 1. The highest BCUT2D eigenvalue weighted by Crippen LogP contribution is 2.26. The maximum Gasteiger partial charge on any atom is 0.325 e. The summed E-state index contributed by atoms with van der Waals surface area (Å²) in [6, 6.07) is 4.14. The van der Waals surface area contributed by atoms with E-state index in [9.17, 15) is 24.5 Å². The van der Waals surface area contributed by atoms with Crippen LogP contribution in [0.25, 0.3) is 0 Å². The molecule has 136 valence electrons. The molecule has 0 unspecified atom stereocenters. The maximum atomic E-state index is 11.8. The molecule has 9 heteroatoms. The van der Waals surface area contributed by atoms with Crippen molar-refractivity contribution in [3.8, 4) is 5.75 Å². The fourth-order valence-corrected chi connectivity index (χ4v) is 2.03. The number of aldehydes is 1. The molecule has 0 aliphatic rings. The van der Waals surface area contributed by atoms with E-state index in [0.717, 1.165) is 0 Å². The van der Waals surface area contributed by atoms with Crippen LogP contribution < -0.4 is 4.74 Å². The van der Waals surface area contributed by atoms with E-state index in [1.165, 1.54) is 37.3 Å². The number of likely N-dealkylation sites (N-methyl/N-ethyl adjacent to an activating group) is 1. The largest absolute Gasteiger partial charge is 0.493 e. The molecule has 0 saturated heterocycles. The van der Waals surface area contributed by atoms with Crippen LogP contribution in [0.15, 0.2) is 18.2 Å². The number of amides is 1. The van der Waals surface area contributed by atoms with Gasteiger partial charge >= 0.3 is 5.97 Å². The van der Waals surface area contributed by atoms with Gasteiger partial charge in [0.1, 0.15) is 17.9 Å². The summed E-state index contributed by atoms with van der Waals surface area (Å²) in [6.45, 7) is 0.0955. The highest BCUT2D eigenvalue weighted by molar-refractivity contribution is 5.85. The second kappa shape index (κ2) is 10.0. The van der Waals surface area contributed by atoms with Crippen molar-refractivity contribution in [2.75, 3.05) is 27.3 Å². The van der Waals surface area contributed by atoms with Crippen LogP contribution in [-0.2, 0) is 14.3 Å². The van der Waals surface area contributed by atoms with Gasteiger partial charge in [0.05, 0.1) is 18.6 Å². The second-order valence-electron chi connectivity index (χ2n) is 5.20. The topological polar surface area (TPSA) is 116 Å². The zero-order chi connectivity index (χ0) is 18.8. The van der Waals surface area contributed by atoms with Gasteiger partial charge in [-0.15, -0.1) is 0 Å². The third-order valence-electron chi connectivity index (χ3n) is 3.42. The summed E-state index contributed by atoms with van der Waals surface area (Å²) in [6.07, 6.45) is 1.64. The Kier molecular flexibility index (Phi) is 8.04. The Morgan fingerprint density at radius 1 is 1.32 bits per heavy atom. The van der Waals surface area contributed by atoms with Gasteiger partial charge in [-0.05, 0) is 18.9 Å². The lowest BCUT2D eigenvalue weighted by Crippen LogP contribution is -2.32. The molecular formula is C16H20N2O7. The Morgan fingerprint density at radius 3 is 2.64 bits per heavy atom. The number of hydrogen-bond acceptors (Lipinski definition) is 7. The van der Waals surface area contributed by atoms with Crippen molar-refractivity contribution in [2.45, 2.75) is 19.3 Å². The van der Waals surface area contributed by atoms with Crippen molar-refractivity contribution in [1.29, 1.82) is 0 Å². The van der Waals surface area contributed by atoms with Gasteiger partial charge in [-0.1, -0.05) is 6.07 Å². The zero-order valence-corrected chi connectivity index (χ0v) is 14.1. The SMILES string of the molecule is COC(=O)CN(C)C(=O)CCCCOc1cccc([N+](=O)[O-])c1C=O. The Balaban J connectivity index is 2.43. The lowest BCUT2D eigenvalue weighted by molar-refractivity contribution is -0.385. The Labute approximate surface area is 144 Å². The number of nitrogens with zero attached hydrogens (tertiary/aromatic N) is 2. The molecule has 0 aliphatic heterocycles. The third kappa shape index (κ3) is 6.21. The normalized spacial score (nSPS) is 10.0. The first-order valence-electron chi connectivity index (χ1n) is 7.56. The van der Waals surface area contributed by atoms with Gasteiger partial charge in [0.2, 0.25) is 5.91 Å². The Morgan fingerprint density at radius 2 is 2.04 bits per heavy atom. The van der Waals surface area contributed by atoms with E-state index < -0.39 is 10.9 Å². The van der Waals surface area contributed by atoms with Crippen LogP contribution in [0.1, 0.15) is 29.6 Å². The number of rotatable bonds is 10. The molecular weight excluding hydrogens is 332 g/mol. The van der Waals surface area contributed by atoms with Crippen LogP contribution >= 0.6 is 0 Å². The predicted octanol–water partition coefficient (Wildman–Crippen LogP) is 1.59. The summed E-state index contributed by atoms with van der Waals surface area (Å²) in [5.41, 5.74) is -0.423. The molecule has 1 rings (SSSR count). The predicted molar refractivity (Wildman–Crippen MR) is 87.5 cm³/mol. The molecule has 0 fully saturated rings. The first-order chi connectivity index (χ1) is 11.9. The van der Waals surface area contributed by atoms with Gasteiger partial charge in [-0.25, -0.2) is 0 Å². The minimum Gasteiger partial charge on any atom is -0.493 e. The standard InChI is InChI=1S/C16H20N2O7/c1-17(10-16(21)24-2)15(20)8-3-4-9-25-14-7-5-6-13(18(22)23)12(14)11-19/h5-7,11H,3-4,8-10H2,1-2H3. The summed E-state index contributed by atoms with van der Waals surface area (Å²) in [4.78, 5) is 45.4. The zero-order valence-electron chi connectivity index (χ0n) is 14.1. The number of carbonyl (C=O) groups is 3. The van der Waals surface area contributed by atoms with Gasteiger partial charge in [0.15, 0.2) is 6.29 Å². The van der Waals surface area contributed by atoms with E-state index in [0.29, 0.717) is 19.1 Å². The van der Waals surface area contributed by atoms with Crippen molar-refractivity contribution >= 4 is 23.9 Å². The first kappa shape index (κ1) is 20.1. The summed E-state index contributed by atoms with van der Waals surface area (Å²) >= 11 is 0. The Hall–Kier alpha value is -2.97. The first-order valence-corrected chi connectivity index (χ1v) is 7.56. The highest BCUT2D eigenvalue weighted by Gasteiger charge is 2.18. The number of nitro groups is 1. The average Bonchev–Trinajstić information content (AvgIpc) is 2.60. The van der Waals surface area contributed by atoms with Crippen molar-refractivity contribution < 1.29 is 28.8 Å². The number of ether oxygens (including phenoxy) is 2.